The lowest BCUT2D eigenvalue weighted by atomic mass is 10.1. The second kappa shape index (κ2) is 10.5. The van der Waals surface area contributed by atoms with Crippen LogP contribution in [-0.4, -0.2) is 50.2 Å². The molecule has 1 atom stereocenters. The Morgan fingerprint density at radius 2 is 1.74 bits per heavy atom. The number of piperidine rings is 1. The standard InChI is InChI=1S/C27H33N3O4S/c1-21-12-14-24(15-13-21)35(31,32)30(19-23-11-8-18-33-23)20-25-26(22-9-4-2-5-10-22)28-34-27(25)29-16-6-3-7-17-29/h2,4-5,9-10,12-15,23H,3,6-8,11,16-20H2,1H3. The molecule has 186 valence electrons. The zero-order valence-electron chi connectivity index (χ0n) is 20.2. The number of hydrogen-bond donors (Lipinski definition) is 0. The van der Waals surface area contributed by atoms with Crippen molar-refractivity contribution in [1.29, 1.82) is 0 Å². The molecule has 0 N–H and O–H groups in total. The fourth-order valence-electron chi connectivity index (χ4n) is 4.91. The molecule has 8 heteroatoms. The summed E-state index contributed by atoms with van der Waals surface area (Å²) >= 11 is 0. The van der Waals surface area contributed by atoms with E-state index in [0.717, 1.165) is 55.5 Å². The number of hydrogen-bond acceptors (Lipinski definition) is 6. The summed E-state index contributed by atoms with van der Waals surface area (Å²) in [5.41, 5.74) is 3.45. The van der Waals surface area contributed by atoms with Gasteiger partial charge in [-0.15, -0.1) is 0 Å². The molecule has 2 aliphatic rings. The van der Waals surface area contributed by atoms with Gasteiger partial charge >= 0.3 is 0 Å². The summed E-state index contributed by atoms with van der Waals surface area (Å²) in [7, 11) is -3.76. The maximum atomic E-state index is 13.9. The van der Waals surface area contributed by atoms with Crippen LogP contribution >= 0.6 is 0 Å². The van der Waals surface area contributed by atoms with Crippen molar-refractivity contribution >= 4 is 15.9 Å². The van der Waals surface area contributed by atoms with E-state index in [1.807, 2.05) is 49.4 Å². The normalized spacial score (nSPS) is 18.9. The predicted octanol–water partition coefficient (Wildman–Crippen LogP) is 5.01. The summed E-state index contributed by atoms with van der Waals surface area (Å²) in [4.78, 5) is 2.50. The average Bonchev–Trinajstić information content (AvgIpc) is 3.55. The molecule has 0 saturated carbocycles. The maximum absolute atomic E-state index is 13.9. The molecule has 0 amide bonds. The summed E-state index contributed by atoms with van der Waals surface area (Å²) in [6.07, 6.45) is 5.05. The lowest BCUT2D eigenvalue weighted by Gasteiger charge is -2.29. The van der Waals surface area contributed by atoms with Crippen LogP contribution in [0.15, 0.2) is 64.0 Å². The molecule has 7 nitrogen and oxygen atoms in total. The minimum atomic E-state index is -3.76. The average molecular weight is 496 g/mol. The molecule has 5 rings (SSSR count). The van der Waals surface area contributed by atoms with Crippen molar-refractivity contribution in [2.45, 2.75) is 56.6 Å². The highest BCUT2D eigenvalue weighted by molar-refractivity contribution is 7.89. The first-order valence-corrected chi connectivity index (χ1v) is 13.9. The van der Waals surface area contributed by atoms with Crippen LogP contribution in [0.1, 0.15) is 43.2 Å². The molecule has 3 heterocycles. The van der Waals surface area contributed by atoms with Crippen molar-refractivity contribution < 1.29 is 17.7 Å². The van der Waals surface area contributed by atoms with E-state index in [9.17, 15) is 8.42 Å². The summed E-state index contributed by atoms with van der Waals surface area (Å²) in [5.74, 6) is 0.681. The first kappa shape index (κ1) is 24.0. The molecule has 1 unspecified atom stereocenters. The van der Waals surface area contributed by atoms with Gasteiger partial charge in [-0.1, -0.05) is 53.2 Å². The van der Waals surface area contributed by atoms with Crippen LogP contribution in [-0.2, 0) is 21.3 Å². The Kier molecular flexibility index (Phi) is 7.22. The molecule has 0 bridgehead atoms. The van der Waals surface area contributed by atoms with Crippen LogP contribution in [0.4, 0.5) is 5.88 Å². The van der Waals surface area contributed by atoms with E-state index < -0.39 is 10.0 Å². The zero-order valence-corrected chi connectivity index (χ0v) is 21.0. The van der Waals surface area contributed by atoms with Gasteiger partial charge in [-0.05, 0) is 51.2 Å². The number of aromatic nitrogens is 1. The molecular weight excluding hydrogens is 462 g/mol. The number of sulfonamides is 1. The minimum absolute atomic E-state index is 0.117. The Hall–Kier alpha value is -2.68. The zero-order chi connectivity index (χ0) is 24.3. The highest BCUT2D eigenvalue weighted by Crippen LogP contribution is 2.35. The van der Waals surface area contributed by atoms with Crippen molar-refractivity contribution in [3.05, 3.63) is 65.7 Å². The molecule has 2 aromatic carbocycles. The third-order valence-corrected chi connectivity index (χ3v) is 8.71. The highest BCUT2D eigenvalue weighted by Gasteiger charge is 2.33. The molecule has 0 spiro atoms. The molecule has 0 radical (unpaired) electrons. The number of benzene rings is 2. The second-order valence-electron chi connectivity index (χ2n) is 9.47. The smallest absolute Gasteiger partial charge is 0.243 e. The van der Waals surface area contributed by atoms with E-state index in [0.29, 0.717) is 29.6 Å². The molecule has 2 aliphatic heterocycles. The van der Waals surface area contributed by atoms with E-state index in [1.165, 1.54) is 6.42 Å². The van der Waals surface area contributed by atoms with Crippen LogP contribution in [0.2, 0.25) is 0 Å². The molecule has 35 heavy (non-hydrogen) atoms. The predicted molar refractivity (Wildman–Crippen MR) is 136 cm³/mol. The Morgan fingerprint density at radius 1 is 1.00 bits per heavy atom. The van der Waals surface area contributed by atoms with E-state index >= 15 is 0 Å². The van der Waals surface area contributed by atoms with E-state index in [-0.39, 0.29) is 12.6 Å². The van der Waals surface area contributed by atoms with Gasteiger partial charge in [0.05, 0.1) is 16.6 Å². The Bertz CT molecular complexity index is 1210. The monoisotopic (exact) mass is 495 g/mol. The van der Waals surface area contributed by atoms with Gasteiger partial charge < -0.3 is 14.2 Å². The minimum Gasteiger partial charge on any atom is -0.377 e. The van der Waals surface area contributed by atoms with Crippen LogP contribution in [0.25, 0.3) is 11.3 Å². The Balaban J connectivity index is 1.56. The lowest BCUT2D eigenvalue weighted by Crippen LogP contribution is -2.38. The van der Waals surface area contributed by atoms with Crippen molar-refractivity contribution in [2.75, 3.05) is 31.1 Å². The van der Waals surface area contributed by atoms with Crippen molar-refractivity contribution in [2.24, 2.45) is 0 Å². The van der Waals surface area contributed by atoms with E-state index in [4.69, 9.17) is 9.26 Å². The Morgan fingerprint density at radius 3 is 2.43 bits per heavy atom. The quantitative estimate of drug-likeness (QED) is 0.437. The highest BCUT2D eigenvalue weighted by atomic mass is 32.2. The van der Waals surface area contributed by atoms with Gasteiger partial charge in [0.15, 0.2) is 0 Å². The third kappa shape index (κ3) is 5.29. The lowest BCUT2D eigenvalue weighted by molar-refractivity contribution is 0.0926. The van der Waals surface area contributed by atoms with Gasteiger partial charge in [-0.3, -0.25) is 0 Å². The van der Waals surface area contributed by atoms with Crippen molar-refractivity contribution in [3.8, 4) is 11.3 Å². The van der Waals surface area contributed by atoms with E-state index in [2.05, 4.69) is 10.1 Å². The molecule has 2 fully saturated rings. The van der Waals surface area contributed by atoms with Crippen LogP contribution in [0.3, 0.4) is 0 Å². The van der Waals surface area contributed by atoms with Crippen LogP contribution < -0.4 is 4.90 Å². The molecule has 2 saturated heterocycles. The van der Waals surface area contributed by atoms with E-state index in [1.54, 1.807) is 16.4 Å². The number of anilines is 1. The van der Waals surface area contributed by atoms with Crippen LogP contribution in [0.5, 0.6) is 0 Å². The number of nitrogens with zero attached hydrogens (tertiary/aromatic N) is 3. The molecule has 3 aromatic rings. The largest absolute Gasteiger partial charge is 0.377 e. The van der Waals surface area contributed by atoms with Crippen molar-refractivity contribution in [1.82, 2.24) is 9.46 Å². The fourth-order valence-corrected chi connectivity index (χ4v) is 6.35. The third-order valence-electron chi connectivity index (χ3n) is 6.88. The fraction of sp³-hybridized carbons (Fsp3) is 0.444. The van der Waals surface area contributed by atoms with Crippen molar-refractivity contribution in [3.63, 3.8) is 0 Å². The summed E-state index contributed by atoms with van der Waals surface area (Å²) < 4.78 is 41.1. The van der Waals surface area contributed by atoms with Gasteiger partial charge in [0.1, 0.15) is 5.69 Å². The molecular formula is C27H33N3O4S. The number of aryl methyl sites for hydroxylation is 1. The van der Waals surface area contributed by atoms with Gasteiger partial charge in [0.25, 0.3) is 0 Å². The van der Waals surface area contributed by atoms with Gasteiger partial charge in [-0.25, -0.2) is 8.42 Å². The number of ether oxygens (including phenoxy) is 1. The SMILES string of the molecule is Cc1ccc(S(=O)(=O)N(Cc2c(-c3ccccc3)noc2N2CCCCC2)CC2CCCO2)cc1. The summed E-state index contributed by atoms with van der Waals surface area (Å²) in [5, 5.41) is 4.44. The van der Waals surface area contributed by atoms with Gasteiger partial charge in [-0.2, -0.15) is 4.31 Å². The molecule has 0 aliphatic carbocycles. The molecule has 1 aromatic heterocycles. The summed E-state index contributed by atoms with van der Waals surface area (Å²) in [6.45, 7) is 4.86. The topological polar surface area (TPSA) is 75.9 Å². The van der Waals surface area contributed by atoms with Gasteiger partial charge in [0.2, 0.25) is 15.9 Å². The summed E-state index contributed by atoms with van der Waals surface area (Å²) in [6, 6.07) is 16.9. The van der Waals surface area contributed by atoms with Crippen LogP contribution in [0, 0.1) is 6.92 Å². The maximum Gasteiger partial charge on any atom is 0.243 e. The first-order chi connectivity index (χ1) is 17.0. The Labute approximate surface area is 207 Å². The second-order valence-corrected chi connectivity index (χ2v) is 11.4. The van der Waals surface area contributed by atoms with Gasteiger partial charge in [0, 0.05) is 38.3 Å². The first-order valence-electron chi connectivity index (χ1n) is 12.5. The number of rotatable bonds is 8.